The minimum absolute atomic E-state index is 0.0652. The second-order valence-corrected chi connectivity index (χ2v) is 9.55. The Balaban J connectivity index is 1.57. The quantitative estimate of drug-likeness (QED) is 0.624. The van der Waals surface area contributed by atoms with Gasteiger partial charge in [-0.15, -0.1) is 0 Å². The van der Waals surface area contributed by atoms with E-state index in [1.807, 2.05) is 19.1 Å². The number of urea groups is 1. The van der Waals surface area contributed by atoms with Crippen LogP contribution in [0, 0.1) is 11.8 Å². The third-order valence-electron chi connectivity index (χ3n) is 6.24. The lowest BCUT2D eigenvalue weighted by Gasteiger charge is -2.28. The molecule has 0 radical (unpaired) electrons. The molecule has 0 aromatic heterocycles. The van der Waals surface area contributed by atoms with E-state index in [9.17, 15) is 14.4 Å². The molecule has 1 aromatic carbocycles. The van der Waals surface area contributed by atoms with Crippen LogP contribution in [0.15, 0.2) is 34.3 Å². The number of hydrogen-bond acceptors (Lipinski definition) is 7. The van der Waals surface area contributed by atoms with Crippen molar-refractivity contribution in [3.05, 3.63) is 24.3 Å². The minimum Gasteiger partial charge on any atom is -0.492 e. The normalized spacial score (nSPS) is 21.1. The zero-order chi connectivity index (χ0) is 24.2. The highest BCUT2D eigenvalue weighted by Crippen LogP contribution is 2.31. The van der Waals surface area contributed by atoms with Gasteiger partial charge in [0, 0.05) is 5.92 Å². The Morgan fingerprint density at radius 1 is 1.21 bits per heavy atom. The zero-order valence-corrected chi connectivity index (χ0v) is 20.6. The van der Waals surface area contributed by atoms with E-state index in [0.717, 1.165) is 30.6 Å². The molecule has 4 amide bonds. The first kappa shape index (κ1) is 24.1. The highest BCUT2D eigenvalue weighted by Gasteiger charge is 2.49. The number of para-hydroxylation sites is 2. The first-order valence-electron chi connectivity index (χ1n) is 11.6. The van der Waals surface area contributed by atoms with Gasteiger partial charge < -0.3 is 10.1 Å². The van der Waals surface area contributed by atoms with Crippen molar-refractivity contribution in [1.29, 1.82) is 0 Å². The third-order valence-corrected chi connectivity index (χ3v) is 7.27. The lowest BCUT2D eigenvalue weighted by Crippen LogP contribution is -2.55. The van der Waals surface area contributed by atoms with E-state index in [4.69, 9.17) is 14.7 Å². The Labute approximate surface area is 203 Å². The highest BCUT2D eigenvalue weighted by atomic mass is 32.2. The standard InChI is InChI=1S/C24H29N5O4S/c1-4-33-17-13-9-8-12-16(17)25-18(30)14-34-22-19-21(28(2)24(32)29(3)23(19)31)26-20(27-22)15-10-6-5-7-11-15/h8-9,12-13,15,19H,4-7,10-11,14H2,1-3H3/p+1. The van der Waals surface area contributed by atoms with E-state index in [0.29, 0.717) is 34.8 Å². The molecule has 3 aliphatic rings. The van der Waals surface area contributed by atoms with Crippen molar-refractivity contribution in [2.75, 3.05) is 31.8 Å². The molecule has 1 unspecified atom stereocenters. The number of anilines is 1. The Morgan fingerprint density at radius 3 is 2.68 bits per heavy atom. The molecule has 1 fully saturated rings. The fourth-order valence-electron chi connectivity index (χ4n) is 4.43. The molecule has 9 nitrogen and oxygen atoms in total. The van der Waals surface area contributed by atoms with Gasteiger partial charge in [-0.2, -0.15) is 9.48 Å². The molecule has 1 atom stereocenters. The van der Waals surface area contributed by atoms with Crippen LogP contribution in [0.5, 0.6) is 5.75 Å². The number of amides is 4. The molecular weight excluding hydrogens is 454 g/mol. The summed E-state index contributed by atoms with van der Waals surface area (Å²) in [5, 5.41) is 3.39. The summed E-state index contributed by atoms with van der Waals surface area (Å²) in [5.41, 5.74) is 0.594. The molecule has 1 saturated carbocycles. The maximum absolute atomic E-state index is 13.0. The number of rotatable bonds is 6. The second kappa shape index (κ2) is 10.5. The SMILES string of the molecule is CCOc1ccccc1NC(=O)CSC1=NC(C2CCCCC2)=NC2=[N+](C)C(=O)N(C)C(=O)C12. The van der Waals surface area contributed by atoms with Crippen LogP contribution in [0.25, 0.3) is 0 Å². The summed E-state index contributed by atoms with van der Waals surface area (Å²) >= 11 is 1.22. The first-order chi connectivity index (χ1) is 16.4. The van der Waals surface area contributed by atoms with E-state index < -0.39 is 11.9 Å². The fourth-order valence-corrected chi connectivity index (χ4v) is 5.31. The van der Waals surface area contributed by atoms with Crippen LogP contribution >= 0.6 is 11.8 Å². The number of benzene rings is 1. The van der Waals surface area contributed by atoms with Crippen LogP contribution in [0.3, 0.4) is 0 Å². The molecule has 1 N–H and O–H groups in total. The largest absolute Gasteiger partial charge is 0.492 e. The predicted molar refractivity (Wildman–Crippen MR) is 133 cm³/mol. The number of nitrogens with one attached hydrogen (secondary N) is 1. The van der Waals surface area contributed by atoms with E-state index in [2.05, 4.69) is 5.32 Å². The van der Waals surface area contributed by atoms with Crippen LogP contribution in [0.2, 0.25) is 0 Å². The van der Waals surface area contributed by atoms with Crippen molar-refractivity contribution in [3.8, 4) is 5.75 Å². The number of amidine groups is 2. The predicted octanol–water partition coefficient (Wildman–Crippen LogP) is 3.40. The van der Waals surface area contributed by atoms with Gasteiger partial charge in [-0.05, 0) is 31.9 Å². The molecule has 4 rings (SSSR count). The van der Waals surface area contributed by atoms with E-state index in [1.54, 1.807) is 19.2 Å². The van der Waals surface area contributed by atoms with Crippen molar-refractivity contribution in [2.24, 2.45) is 21.8 Å². The van der Waals surface area contributed by atoms with Crippen molar-refractivity contribution >= 4 is 52.0 Å². The second-order valence-electron chi connectivity index (χ2n) is 8.55. The number of aliphatic imine (C=N–C) groups is 2. The molecule has 1 aromatic rings. The van der Waals surface area contributed by atoms with Gasteiger partial charge in [0.05, 0.1) is 32.1 Å². The lowest BCUT2D eigenvalue weighted by molar-refractivity contribution is -0.407. The van der Waals surface area contributed by atoms with Gasteiger partial charge >= 0.3 is 11.9 Å². The van der Waals surface area contributed by atoms with Gasteiger partial charge in [0.1, 0.15) is 10.8 Å². The van der Waals surface area contributed by atoms with Crippen LogP contribution in [0.4, 0.5) is 10.5 Å². The number of ether oxygens (including phenoxy) is 1. The van der Waals surface area contributed by atoms with Crippen LogP contribution in [-0.2, 0) is 9.59 Å². The maximum atomic E-state index is 13.0. The van der Waals surface area contributed by atoms with Gasteiger partial charge in [0.2, 0.25) is 11.7 Å². The van der Waals surface area contributed by atoms with E-state index in [-0.39, 0.29) is 23.5 Å². The summed E-state index contributed by atoms with van der Waals surface area (Å²) in [5.74, 6) is 0.527. The molecule has 34 heavy (non-hydrogen) atoms. The molecule has 1 aliphatic carbocycles. The van der Waals surface area contributed by atoms with Crippen molar-refractivity contribution < 1.29 is 23.7 Å². The summed E-state index contributed by atoms with van der Waals surface area (Å²) < 4.78 is 7.00. The summed E-state index contributed by atoms with van der Waals surface area (Å²) in [6, 6.07) is 6.84. The molecule has 180 valence electrons. The zero-order valence-electron chi connectivity index (χ0n) is 19.7. The Kier molecular flexibility index (Phi) is 7.45. The third kappa shape index (κ3) is 4.91. The molecule has 0 spiro atoms. The van der Waals surface area contributed by atoms with Crippen molar-refractivity contribution in [1.82, 2.24) is 4.90 Å². The Hall–Kier alpha value is -3.01. The summed E-state index contributed by atoms with van der Waals surface area (Å²) in [6.07, 6.45) is 5.38. The number of nitrogens with zero attached hydrogens (tertiary/aromatic N) is 4. The first-order valence-corrected chi connectivity index (χ1v) is 12.6. The van der Waals surface area contributed by atoms with Crippen molar-refractivity contribution in [2.45, 2.75) is 39.0 Å². The fraction of sp³-hybridized carbons (Fsp3) is 0.500. The maximum Gasteiger partial charge on any atom is 0.445 e. The van der Waals surface area contributed by atoms with Crippen molar-refractivity contribution in [3.63, 3.8) is 0 Å². The average molecular weight is 485 g/mol. The average Bonchev–Trinajstić information content (AvgIpc) is 2.86. The monoisotopic (exact) mass is 484 g/mol. The number of fused-ring (bicyclic) bond motifs is 1. The summed E-state index contributed by atoms with van der Waals surface area (Å²) in [7, 11) is 3.08. The van der Waals surface area contributed by atoms with Crippen LogP contribution < -0.4 is 10.1 Å². The lowest BCUT2D eigenvalue weighted by atomic mass is 9.88. The topological polar surface area (TPSA) is 103 Å². The van der Waals surface area contributed by atoms with E-state index in [1.165, 1.54) is 29.8 Å². The number of imide groups is 1. The highest BCUT2D eigenvalue weighted by molar-refractivity contribution is 8.14. The van der Waals surface area contributed by atoms with Crippen LogP contribution in [-0.4, -0.2) is 70.5 Å². The molecule has 10 heteroatoms. The van der Waals surface area contributed by atoms with E-state index >= 15 is 0 Å². The van der Waals surface area contributed by atoms with Gasteiger partial charge in [-0.3, -0.25) is 9.59 Å². The number of carbonyl (C=O) groups is 3. The smallest absolute Gasteiger partial charge is 0.445 e. The molecule has 0 bridgehead atoms. The van der Waals surface area contributed by atoms with Crippen LogP contribution in [0.1, 0.15) is 39.0 Å². The number of carbonyl (C=O) groups excluding carboxylic acids is 3. The van der Waals surface area contributed by atoms with Gasteiger partial charge in [0.15, 0.2) is 5.92 Å². The summed E-state index contributed by atoms with van der Waals surface area (Å²) in [4.78, 5) is 48.9. The molecular formula is C24H30N5O4S+. The van der Waals surface area contributed by atoms with Gasteiger partial charge in [-0.1, -0.05) is 48.1 Å². The number of hydrogen-bond donors (Lipinski definition) is 1. The summed E-state index contributed by atoms with van der Waals surface area (Å²) in [6.45, 7) is 2.37. The molecule has 2 heterocycles. The number of thioether (sulfide) groups is 1. The van der Waals surface area contributed by atoms with Gasteiger partial charge in [-0.25, -0.2) is 9.79 Å². The molecule has 2 aliphatic heterocycles. The molecule has 0 saturated heterocycles. The Bertz CT molecular complexity index is 1090. The minimum atomic E-state index is -0.784. The Morgan fingerprint density at radius 2 is 1.94 bits per heavy atom. The van der Waals surface area contributed by atoms with Gasteiger partial charge in [0.25, 0.3) is 5.84 Å².